The lowest BCUT2D eigenvalue weighted by Crippen LogP contribution is -2.52. The van der Waals surface area contributed by atoms with Crippen molar-refractivity contribution in [1.82, 2.24) is 19.9 Å². The van der Waals surface area contributed by atoms with E-state index in [0.29, 0.717) is 23.7 Å². The van der Waals surface area contributed by atoms with Crippen molar-refractivity contribution in [3.63, 3.8) is 0 Å². The first-order valence-electron chi connectivity index (χ1n) is 8.86. The number of piperazine rings is 1. The van der Waals surface area contributed by atoms with Crippen molar-refractivity contribution in [2.75, 3.05) is 24.5 Å². The first-order valence-corrected chi connectivity index (χ1v) is 8.86. The fourth-order valence-corrected chi connectivity index (χ4v) is 2.91. The monoisotopic (exact) mass is 393 g/mol. The number of ether oxygens (including phenoxy) is 1. The van der Waals surface area contributed by atoms with Crippen LogP contribution in [0.4, 0.5) is 10.3 Å². The minimum Gasteiger partial charge on any atom is -0.439 e. The van der Waals surface area contributed by atoms with Crippen molar-refractivity contribution < 1.29 is 18.7 Å². The summed E-state index contributed by atoms with van der Waals surface area (Å²) < 4.78 is 18.6. The van der Waals surface area contributed by atoms with E-state index < -0.39 is 5.82 Å². The van der Waals surface area contributed by atoms with Crippen LogP contribution in [0.25, 0.3) is 0 Å². The molecule has 1 fully saturated rings. The summed E-state index contributed by atoms with van der Waals surface area (Å²) in [6.07, 6.45) is 3.61. The largest absolute Gasteiger partial charge is 0.439 e. The lowest BCUT2D eigenvalue weighted by atomic mass is 10.1. The van der Waals surface area contributed by atoms with Crippen LogP contribution in [-0.2, 0) is 4.79 Å². The van der Waals surface area contributed by atoms with Gasteiger partial charge in [-0.05, 0) is 24.3 Å². The number of anilines is 1. The van der Waals surface area contributed by atoms with Gasteiger partial charge in [0.05, 0.1) is 12.4 Å². The molecule has 3 heterocycles. The van der Waals surface area contributed by atoms with E-state index in [4.69, 9.17) is 4.74 Å². The molecule has 2 aromatic heterocycles. The second-order valence-corrected chi connectivity index (χ2v) is 6.27. The highest BCUT2D eigenvalue weighted by Crippen LogP contribution is 2.21. The number of aromatic nitrogens is 3. The highest BCUT2D eigenvalue weighted by atomic mass is 19.1. The highest BCUT2D eigenvalue weighted by molar-refractivity contribution is 6.01. The van der Waals surface area contributed by atoms with Gasteiger partial charge in [-0.1, -0.05) is 12.1 Å². The van der Waals surface area contributed by atoms with E-state index in [-0.39, 0.29) is 30.9 Å². The summed E-state index contributed by atoms with van der Waals surface area (Å²) in [5.74, 6) is -0.196. The molecule has 0 saturated carbocycles. The quantitative estimate of drug-likeness (QED) is 0.676. The molecule has 0 radical (unpaired) electrons. The Hall–Kier alpha value is -3.88. The topological polar surface area (TPSA) is 88.5 Å². The summed E-state index contributed by atoms with van der Waals surface area (Å²) in [7, 11) is 0. The number of rotatable bonds is 4. The molecule has 2 amide bonds. The van der Waals surface area contributed by atoms with E-state index in [2.05, 4.69) is 15.0 Å². The molecule has 0 spiro atoms. The zero-order valence-electron chi connectivity index (χ0n) is 15.2. The first-order chi connectivity index (χ1) is 14.1. The zero-order valence-corrected chi connectivity index (χ0v) is 15.2. The molecule has 1 aliphatic rings. The molecule has 0 N–H and O–H groups in total. The average molecular weight is 393 g/mol. The average Bonchev–Trinajstić information content (AvgIpc) is 2.75. The van der Waals surface area contributed by atoms with Crippen LogP contribution in [0.15, 0.2) is 61.1 Å². The van der Waals surface area contributed by atoms with Gasteiger partial charge in [-0.3, -0.25) is 14.5 Å². The zero-order chi connectivity index (χ0) is 20.2. The van der Waals surface area contributed by atoms with Crippen LogP contribution in [0.3, 0.4) is 0 Å². The first kappa shape index (κ1) is 18.5. The van der Waals surface area contributed by atoms with Crippen LogP contribution in [-0.4, -0.2) is 51.3 Å². The summed E-state index contributed by atoms with van der Waals surface area (Å²) in [4.78, 5) is 39.8. The molecule has 1 saturated heterocycles. The van der Waals surface area contributed by atoms with Gasteiger partial charge < -0.3 is 9.64 Å². The van der Waals surface area contributed by atoms with E-state index in [0.717, 1.165) is 12.4 Å². The lowest BCUT2D eigenvalue weighted by molar-refractivity contribution is -0.120. The van der Waals surface area contributed by atoms with Crippen LogP contribution in [0.2, 0.25) is 0 Å². The minimum atomic E-state index is -0.581. The van der Waals surface area contributed by atoms with Gasteiger partial charge in [0.25, 0.3) is 5.91 Å². The molecule has 0 atom stereocenters. The van der Waals surface area contributed by atoms with Crippen LogP contribution < -0.4 is 9.64 Å². The van der Waals surface area contributed by atoms with Gasteiger partial charge >= 0.3 is 0 Å². The van der Waals surface area contributed by atoms with Crippen molar-refractivity contribution in [3.05, 3.63) is 72.4 Å². The second-order valence-electron chi connectivity index (χ2n) is 6.27. The molecule has 0 aliphatic carbocycles. The Morgan fingerprint density at radius 1 is 1.03 bits per heavy atom. The summed E-state index contributed by atoms with van der Waals surface area (Å²) in [5.41, 5.74) is 0.401. The minimum absolute atomic E-state index is 0.120. The smallest absolute Gasteiger partial charge is 0.254 e. The van der Waals surface area contributed by atoms with Crippen LogP contribution >= 0.6 is 0 Å². The maximum absolute atomic E-state index is 13.0. The van der Waals surface area contributed by atoms with E-state index in [9.17, 15) is 14.0 Å². The fraction of sp³-hybridized carbons (Fsp3) is 0.150. The van der Waals surface area contributed by atoms with Gasteiger partial charge in [-0.25, -0.2) is 19.3 Å². The predicted octanol–water partition coefficient (Wildman–Crippen LogP) is 2.29. The van der Waals surface area contributed by atoms with Crippen molar-refractivity contribution in [2.24, 2.45) is 0 Å². The SMILES string of the molecule is O=C(c1cccc(Oc2ccccn2)c1)N1CCN(c2ncc(F)cn2)C(=O)C1. The molecule has 0 unspecified atom stereocenters. The molecule has 3 aromatic rings. The maximum atomic E-state index is 13.0. The lowest BCUT2D eigenvalue weighted by Gasteiger charge is -2.33. The van der Waals surface area contributed by atoms with Crippen molar-refractivity contribution >= 4 is 17.8 Å². The van der Waals surface area contributed by atoms with Crippen molar-refractivity contribution in [3.8, 4) is 11.6 Å². The molecular formula is C20H16FN5O3. The fourth-order valence-electron chi connectivity index (χ4n) is 2.91. The van der Waals surface area contributed by atoms with Gasteiger partial charge in [-0.2, -0.15) is 0 Å². The van der Waals surface area contributed by atoms with Crippen LogP contribution in [0.5, 0.6) is 11.6 Å². The number of amides is 2. The molecule has 4 rings (SSSR count). The Labute approximate surface area is 165 Å². The normalized spacial score (nSPS) is 14.0. The Morgan fingerprint density at radius 2 is 1.86 bits per heavy atom. The summed E-state index contributed by atoms with van der Waals surface area (Å²) in [5, 5.41) is 0. The third kappa shape index (κ3) is 4.18. The summed E-state index contributed by atoms with van der Waals surface area (Å²) >= 11 is 0. The molecule has 1 aromatic carbocycles. The Bertz CT molecular complexity index is 1030. The van der Waals surface area contributed by atoms with Crippen LogP contribution in [0, 0.1) is 5.82 Å². The maximum Gasteiger partial charge on any atom is 0.254 e. The molecule has 8 nitrogen and oxygen atoms in total. The number of carbonyl (C=O) groups excluding carboxylic acids is 2. The van der Waals surface area contributed by atoms with Gasteiger partial charge in [0.15, 0.2) is 5.82 Å². The van der Waals surface area contributed by atoms with E-state index >= 15 is 0 Å². The molecule has 0 bridgehead atoms. The highest BCUT2D eigenvalue weighted by Gasteiger charge is 2.30. The van der Waals surface area contributed by atoms with Gasteiger partial charge in [-0.15, -0.1) is 0 Å². The van der Waals surface area contributed by atoms with Crippen molar-refractivity contribution in [1.29, 1.82) is 0 Å². The van der Waals surface area contributed by atoms with E-state index in [1.165, 1.54) is 9.80 Å². The Balaban J connectivity index is 1.44. The standard InChI is InChI=1S/C20H16FN5O3/c21-15-11-23-20(24-12-15)26-9-8-25(13-18(26)27)19(28)14-4-3-5-16(10-14)29-17-6-1-2-7-22-17/h1-7,10-12H,8-9,13H2. The third-order valence-corrected chi connectivity index (χ3v) is 4.30. The molecule has 9 heteroatoms. The Morgan fingerprint density at radius 3 is 2.59 bits per heavy atom. The molecular weight excluding hydrogens is 377 g/mol. The van der Waals surface area contributed by atoms with E-state index in [1.54, 1.807) is 48.7 Å². The predicted molar refractivity (Wildman–Crippen MR) is 101 cm³/mol. The van der Waals surface area contributed by atoms with Crippen molar-refractivity contribution in [2.45, 2.75) is 0 Å². The van der Waals surface area contributed by atoms with Gasteiger partial charge in [0, 0.05) is 30.9 Å². The summed E-state index contributed by atoms with van der Waals surface area (Å²) in [6.45, 7) is 0.405. The number of carbonyl (C=O) groups is 2. The number of nitrogens with zero attached hydrogens (tertiary/aromatic N) is 5. The number of halogens is 1. The van der Waals surface area contributed by atoms with Gasteiger partial charge in [0.2, 0.25) is 17.7 Å². The van der Waals surface area contributed by atoms with Gasteiger partial charge in [0.1, 0.15) is 12.3 Å². The molecule has 146 valence electrons. The van der Waals surface area contributed by atoms with E-state index in [1.807, 2.05) is 0 Å². The number of benzene rings is 1. The summed E-state index contributed by atoms with van der Waals surface area (Å²) in [6, 6.07) is 12.0. The Kier molecular flexibility index (Phi) is 5.10. The number of hydrogen-bond donors (Lipinski definition) is 0. The number of pyridine rings is 1. The third-order valence-electron chi connectivity index (χ3n) is 4.30. The second kappa shape index (κ2) is 8.01. The molecule has 1 aliphatic heterocycles. The van der Waals surface area contributed by atoms with Crippen LogP contribution in [0.1, 0.15) is 10.4 Å². The number of hydrogen-bond acceptors (Lipinski definition) is 6. The molecule has 29 heavy (non-hydrogen) atoms.